The molecule has 1 saturated heterocycles. The van der Waals surface area contributed by atoms with Crippen molar-refractivity contribution in [2.45, 2.75) is 6.42 Å². The van der Waals surface area contributed by atoms with Crippen molar-refractivity contribution in [1.29, 1.82) is 0 Å². The van der Waals surface area contributed by atoms with Crippen LogP contribution in [0, 0.1) is 11.6 Å². The summed E-state index contributed by atoms with van der Waals surface area (Å²) in [6, 6.07) is 9.50. The van der Waals surface area contributed by atoms with Crippen LogP contribution in [-0.4, -0.2) is 47.8 Å². The molecule has 0 aromatic heterocycles. The SMILES string of the molecule is O=C(Cc1ccc(F)cc1Cl)N1CCN(C(=O)c2cccc(F)c2)CC1. The first kappa shape index (κ1) is 18.3. The number of hydrogen-bond acceptors (Lipinski definition) is 2. The summed E-state index contributed by atoms with van der Waals surface area (Å²) < 4.78 is 26.4. The van der Waals surface area contributed by atoms with E-state index in [-0.39, 0.29) is 23.3 Å². The molecule has 0 N–H and O–H groups in total. The summed E-state index contributed by atoms with van der Waals surface area (Å²) in [7, 11) is 0. The van der Waals surface area contributed by atoms with Crippen LogP contribution < -0.4 is 0 Å². The zero-order valence-corrected chi connectivity index (χ0v) is 14.7. The van der Waals surface area contributed by atoms with E-state index in [1.54, 1.807) is 15.9 Å². The predicted octanol–water partition coefficient (Wildman–Crippen LogP) is 3.15. The number of carbonyl (C=O) groups excluding carboxylic acids is 2. The molecule has 7 heteroatoms. The Morgan fingerprint density at radius 3 is 2.23 bits per heavy atom. The van der Waals surface area contributed by atoms with Crippen molar-refractivity contribution in [3.05, 3.63) is 70.2 Å². The Hall–Kier alpha value is -2.47. The molecule has 4 nitrogen and oxygen atoms in total. The van der Waals surface area contributed by atoms with Gasteiger partial charge in [-0.1, -0.05) is 23.7 Å². The highest BCUT2D eigenvalue weighted by molar-refractivity contribution is 6.31. The third-order valence-corrected chi connectivity index (χ3v) is 4.70. The van der Waals surface area contributed by atoms with Crippen LogP contribution in [0.15, 0.2) is 42.5 Å². The lowest BCUT2D eigenvalue weighted by atomic mass is 10.1. The summed E-state index contributed by atoms with van der Waals surface area (Å²) in [5, 5.41) is 0.221. The standard InChI is InChI=1S/C19H17ClF2N2O2/c20-17-12-16(22)5-4-13(17)11-18(25)23-6-8-24(9-7-23)19(26)14-2-1-3-15(21)10-14/h1-5,10,12H,6-9,11H2. The molecule has 1 aliphatic rings. The maximum atomic E-state index is 13.3. The van der Waals surface area contributed by atoms with Crippen molar-refractivity contribution >= 4 is 23.4 Å². The van der Waals surface area contributed by atoms with E-state index in [4.69, 9.17) is 11.6 Å². The Bertz CT molecular complexity index is 836. The summed E-state index contributed by atoms with van der Waals surface area (Å²) in [6.07, 6.45) is 0.0803. The quantitative estimate of drug-likeness (QED) is 0.823. The van der Waals surface area contributed by atoms with Gasteiger partial charge in [-0.25, -0.2) is 8.78 Å². The number of amides is 2. The fraction of sp³-hybridized carbons (Fsp3) is 0.263. The van der Waals surface area contributed by atoms with Crippen LogP contribution in [0.4, 0.5) is 8.78 Å². The van der Waals surface area contributed by atoms with Gasteiger partial charge < -0.3 is 9.80 Å². The van der Waals surface area contributed by atoms with Crippen LogP contribution in [0.5, 0.6) is 0 Å². The number of benzene rings is 2. The number of nitrogens with zero attached hydrogens (tertiary/aromatic N) is 2. The second kappa shape index (κ2) is 7.83. The van der Waals surface area contributed by atoms with Crippen LogP contribution in [0.25, 0.3) is 0 Å². The van der Waals surface area contributed by atoms with E-state index in [0.29, 0.717) is 37.3 Å². The van der Waals surface area contributed by atoms with Gasteiger partial charge in [0.15, 0.2) is 0 Å². The molecule has 0 atom stereocenters. The zero-order chi connectivity index (χ0) is 18.7. The molecule has 3 rings (SSSR count). The molecule has 0 spiro atoms. The van der Waals surface area contributed by atoms with Crippen LogP contribution in [0.2, 0.25) is 5.02 Å². The maximum Gasteiger partial charge on any atom is 0.254 e. The number of hydrogen-bond donors (Lipinski definition) is 0. The second-order valence-corrected chi connectivity index (χ2v) is 6.50. The van der Waals surface area contributed by atoms with E-state index in [2.05, 4.69) is 0 Å². The molecular weight excluding hydrogens is 362 g/mol. The fourth-order valence-corrected chi connectivity index (χ4v) is 3.14. The van der Waals surface area contributed by atoms with Gasteiger partial charge in [-0.2, -0.15) is 0 Å². The van der Waals surface area contributed by atoms with Gasteiger partial charge in [0.2, 0.25) is 5.91 Å². The lowest BCUT2D eigenvalue weighted by Gasteiger charge is -2.35. The third kappa shape index (κ3) is 4.19. The van der Waals surface area contributed by atoms with Gasteiger partial charge in [0, 0.05) is 36.8 Å². The van der Waals surface area contributed by atoms with Crippen molar-refractivity contribution in [2.75, 3.05) is 26.2 Å². The fourth-order valence-electron chi connectivity index (χ4n) is 2.90. The summed E-state index contributed by atoms with van der Waals surface area (Å²) >= 11 is 5.96. The Morgan fingerprint density at radius 1 is 0.923 bits per heavy atom. The monoisotopic (exact) mass is 378 g/mol. The number of piperazine rings is 1. The van der Waals surface area contributed by atoms with Crippen molar-refractivity contribution in [3.63, 3.8) is 0 Å². The number of rotatable bonds is 3. The summed E-state index contributed by atoms with van der Waals surface area (Å²) in [6.45, 7) is 1.52. The van der Waals surface area contributed by atoms with Gasteiger partial charge in [-0.15, -0.1) is 0 Å². The van der Waals surface area contributed by atoms with E-state index < -0.39 is 11.6 Å². The van der Waals surface area contributed by atoms with Gasteiger partial charge in [-0.05, 0) is 35.9 Å². The minimum absolute atomic E-state index is 0.0803. The van der Waals surface area contributed by atoms with Crippen molar-refractivity contribution in [1.82, 2.24) is 9.80 Å². The molecule has 0 aliphatic carbocycles. The molecule has 136 valence electrons. The van der Waals surface area contributed by atoms with Crippen molar-refractivity contribution < 1.29 is 18.4 Å². The minimum atomic E-state index is -0.458. The molecule has 2 aromatic rings. The number of carbonyl (C=O) groups is 2. The molecule has 0 saturated carbocycles. The van der Waals surface area contributed by atoms with E-state index in [0.717, 1.165) is 0 Å². The van der Waals surface area contributed by atoms with Crippen LogP contribution >= 0.6 is 11.6 Å². The van der Waals surface area contributed by atoms with Gasteiger partial charge in [0.1, 0.15) is 11.6 Å². The molecule has 0 bridgehead atoms. The summed E-state index contributed by atoms with van der Waals surface area (Å²) in [5.74, 6) is -1.29. The summed E-state index contributed by atoms with van der Waals surface area (Å²) in [5.41, 5.74) is 0.860. The first-order chi connectivity index (χ1) is 12.4. The average molecular weight is 379 g/mol. The molecule has 2 amide bonds. The minimum Gasteiger partial charge on any atom is -0.339 e. The first-order valence-electron chi connectivity index (χ1n) is 8.20. The van der Waals surface area contributed by atoms with E-state index in [9.17, 15) is 18.4 Å². The topological polar surface area (TPSA) is 40.6 Å². The van der Waals surface area contributed by atoms with Crippen molar-refractivity contribution in [2.24, 2.45) is 0 Å². The van der Waals surface area contributed by atoms with Crippen LogP contribution in [-0.2, 0) is 11.2 Å². The Labute approximate surface area is 155 Å². The maximum absolute atomic E-state index is 13.3. The normalized spacial score (nSPS) is 14.4. The first-order valence-corrected chi connectivity index (χ1v) is 8.58. The molecule has 1 heterocycles. The smallest absolute Gasteiger partial charge is 0.254 e. The highest BCUT2D eigenvalue weighted by Crippen LogP contribution is 2.19. The van der Waals surface area contributed by atoms with Crippen LogP contribution in [0.1, 0.15) is 15.9 Å². The van der Waals surface area contributed by atoms with Gasteiger partial charge in [0.25, 0.3) is 5.91 Å². The van der Waals surface area contributed by atoms with Gasteiger partial charge >= 0.3 is 0 Å². The molecule has 1 aliphatic heterocycles. The lowest BCUT2D eigenvalue weighted by Crippen LogP contribution is -2.51. The highest BCUT2D eigenvalue weighted by atomic mass is 35.5. The molecule has 0 radical (unpaired) electrons. The second-order valence-electron chi connectivity index (χ2n) is 6.10. The van der Waals surface area contributed by atoms with Crippen LogP contribution in [0.3, 0.4) is 0 Å². The Morgan fingerprint density at radius 2 is 1.58 bits per heavy atom. The Balaban J connectivity index is 1.57. The zero-order valence-electron chi connectivity index (χ0n) is 13.9. The Kier molecular flexibility index (Phi) is 5.52. The van der Waals surface area contributed by atoms with E-state index in [1.807, 2.05) is 0 Å². The van der Waals surface area contributed by atoms with Crippen molar-refractivity contribution in [3.8, 4) is 0 Å². The number of halogens is 3. The third-order valence-electron chi connectivity index (χ3n) is 4.35. The summed E-state index contributed by atoms with van der Waals surface area (Å²) in [4.78, 5) is 28.1. The molecule has 26 heavy (non-hydrogen) atoms. The molecule has 1 fully saturated rings. The molecular formula is C19H17ClF2N2O2. The lowest BCUT2D eigenvalue weighted by molar-refractivity contribution is -0.131. The van der Waals surface area contributed by atoms with E-state index >= 15 is 0 Å². The highest BCUT2D eigenvalue weighted by Gasteiger charge is 2.25. The predicted molar refractivity (Wildman–Crippen MR) is 94.0 cm³/mol. The van der Waals surface area contributed by atoms with Gasteiger partial charge in [0.05, 0.1) is 6.42 Å². The largest absolute Gasteiger partial charge is 0.339 e. The van der Waals surface area contributed by atoms with Gasteiger partial charge in [-0.3, -0.25) is 9.59 Å². The van der Waals surface area contributed by atoms with E-state index in [1.165, 1.54) is 36.4 Å². The average Bonchev–Trinajstić information content (AvgIpc) is 2.63. The molecule has 2 aromatic carbocycles. The molecule has 0 unspecified atom stereocenters.